The Morgan fingerprint density at radius 1 is 1.15 bits per heavy atom. The zero-order valence-corrected chi connectivity index (χ0v) is 9.24. The lowest BCUT2D eigenvalue weighted by Gasteiger charge is -2.27. The lowest BCUT2D eigenvalue weighted by molar-refractivity contribution is 0.287. The van der Waals surface area contributed by atoms with E-state index in [1.807, 2.05) is 0 Å². The molecular formula is C11H21NS. The first-order valence-corrected chi connectivity index (χ1v) is 6.92. The maximum absolute atomic E-state index is 3.70. The lowest BCUT2D eigenvalue weighted by atomic mass is 9.83. The van der Waals surface area contributed by atoms with Crippen molar-refractivity contribution >= 4 is 11.8 Å². The topological polar surface area (TPSA) is 12.0 Å². The molecule has 1 aliphatic carbocycles. The highest BCUT2D eigenvalue weighted by molar-refractivity contribution is 7.99. The number of thioether (sulfide) groups is 1. The molecule has 0 bridgehead atoms. The van der Waals surface area contributed by atoms with E-state index in [0.29, 0.717) is 0 Å². The van der Waals surface area contributed by atoms with Crippen LogP contribution in [0, 0.1) is 5.92 Å². The maximum Gasteiger partial charge on any atom is 0.0158 e. The fourth-order valence-corrected chi connectivity index (χ4v) is 3.28. The number of nitrogens with one attached hydrogen (secondary N) is 1. The Morgan fingerprint density at radius 3 is 2.69 bits per heavy atom. The summed E-state index contributed by atoms with van der Waals surface area (Å²) in [5, 5.41) is 3.70. The van der Waals surface area contributed by atoms with Gasteiger partial charge in [-0.2, -0.15) is 11.8 Å². The molecule has 2 fully saturated rings. The van der Waals surface area contributed by atoms with Gasteiger partial charge in [0, 0.05) is 11.8 Å². The van der Waals surface area contributed by atoms with Crippen molar-refractivity contribution in [2.24, 2.45) is 5.92 Å². The molecule has 1 atom stereocenters. The largest absolute Gasteiger partial charge is 0.313 e. The third-order valence-corrected chi connectivity index (χ3v) is 4.59. The van der Waals surface area contributed by atoms with Crippen molar-refractivity contribution in [2.45, 2.75) is 44.6 Å². The SMILES string of the molecule is C1CC(CCNC2CCCSC2)C1. The average molecular weight is 199 g/mol. The molecular weight excluding hydrogens is 178 g/mol. The van der Waals surface area contributed by atoms with Crippen LogP contribution in [0.15, 0.2) is 0 Å². The Hall–Kier alpha value is 0.310. The van der Waals surface area contributed by atoms with Crippen molar-refractivity contribution < 1.29 is 0 Å². The first-order valence-electron chi connectivity index (χ1n) is 5.76. The molecule has 2 rings (SSSR count). The maximum atomic E-state index is 3.70. The summed E-state index contributed by atoms with van der Waals surface area (Å²) in [5.74, 6) is 3.81. The van der Waals surface area contributed by atoms with Crippen molar-refractivity contribution in [1.29, 1.82) is 0 Å². The van der Waals surface area contributed by atoms with Gasteiger partial charge in [-0.05, 0) is 37.5 Å². The highest BCUT2D eigenvalue weighted by Crippen LogP contribution is 2.28. The predicted octanol–water partition coefficient (Wildman–Crippen LogP) is 2.66. The molecule has 13 heavy (non-hydrogen) atoms. The second kappa shape index (κ2) is 5.26. The van der Waals surface area contributed by atoms with Gasteiger partial charge < -0.3 is 5.32 Å². The van der Waals surface area contributed by atoms with Crippen LogP contribution in [0.25, 0.3) is 0 Å². The van der Waals surface area contributed by atoms with E-state index in [0.717, 1.165) is 12.0 Å². The van der Waals surface area contributed by atoms with Crippen molar-refractivity contribution in [2.75, 3.05) is 18.1 Å². The Bertz CT molecular complexity index is 139. The van der Waals surface area contributed by atoms with Gasteiger partial charge in [0.15, 0.2) is 0 Å². The van der Waals surface area contributed by atoms with E-state index in [4.69, 9.17) is 0 Å². The monoisotopic (exact) mass is 199 g/mol. The molecule has 0 radical (unpaired) electrons. The van der Waals surface area contributed by atoms with Crippen LogP contribution >= 0.6 is 11.8 Å². The summed E-state index contributed by atoms with van der Waals surface area (Å²) in [7, 11) is 0. The molecule has 0 aromatic carbocycles. The van der Waals surface area contributed by atoms with E-state index in [1.165, 1.54) is 56.6 Å². The Kier molecular flexibility index (Phi) is 3.98. The molecule has 1 saturated heterocycles. The van der Waals surface area contributed by atoms with Crippen LogP contribution in [0.5, 0.6) is 0 Å². The minimum absolute atomic E-state index is 0.832. The van der Waals surface area contributed by atoms with Gasteiger partial charge in [0.05, 0.1) is 0 Å². The minimum Gasteiger partial charge on any atom is -0.313 e. The zero-order chi connectivity index (χ0) is 8.93. The quantitative estimate of drug-likeness (QED) is 0.747. The Labute approximate surface area is 86.0 Å². The minimum atomic E-state index is 0.832. The van der Waals surface area contributed by atoms with Gasteiger partial charge in [-0.1, -0.05) is 19.3 Å². The zero-order valence-electron chi connectivity index (χ0n) is 8.43. The molecule has 1 nitrogen and oxygen atoms in total. The number of rotatable bonds is 4. The summed E-state index contributed by atoms with van der Waals surface area (Å²) >= 11 is 2.12. The van der Waals surface area contributed by atoms with E-state index in [9.17, 15) is 0 Å². The standard InChI is InChI=1S/C11H21NS/c1-3-10(4-1)6-7-12-11-5-2-8-13-9-11/h10-12H,1-9H2. The Morgan fingerprint density at radius 2 is 2.08 bits per heavy atom. The lowest BCUT2D eigenvalue weighted by Crippen LogP contribution is -2.35. The van der Waals surface area contributed by atoms with Crippen molar-refractivity contribution in [3.05, 3.63) is 0 Å². The second-order valence-electron chi connectivity index (χ2n) is 4.45. The molecule has 1 unspecified atom stereocenters. The van der Waals surface area contributed by atoms with E-state index in [-0.39, 0.29) is 0 Å². The van der Waals surface area contributed by atoms with Crippen molar-refractivity contribution in [3.8, 4) is 0 Å². The highest BCUT2D eigenvalue weighted by Gasteiger charge is 2.18. The van der Waals surface area contributed by atoms with Crippen LogP contribution in [0.4, 0.5) is 0 Å². The molecule has 0 aromatic rings. The molecule has 1 saturated carbocycles. The van der Waals surface area contributed by atoms with Gasteiger partial charge in [0.1, 0.15) is 0 Å². The second-order valence-corrected chi connectivity index (χ2v) is 5.60. The fraction of sp³-hybridized carbons (Fsp3) is 1.00. The summed E-state index contributed by atoms with van der Waals surface area (Å²) in [6, 6.07) is 0.832. The summed E-state index contributed by atoms with van der Waals surface area (Å²) < 4.78 is 0. The van der Waals surface area contributed by atoms with Crippen LogP contribution < -0.4 is 5.32 Å². The molecule has 1 N–H and O–H groups in total. The van der Waals surface area contributed by atoms with Crippen LogP contribution in [-0.2, 0) is 0 Å². The molecule has 0 amide bonds. The van der Waals surface area contributed by atoms with Gasteiger partial charge in [0.2, 0.25) is 0 Å². The summed E-state index contributed by atoms with van der Waals surface area (Å²) in [6.45, 7) is 1.27. The van der Waals surface area contributed by atoms with E-state index in [2.05, 4.69) is 17.1 Å². The van der Waals surface area contributed by atoms with Crippen molar-refractivity contribution in [3.63, 3.8) is 0 Å². The average Bonchev–Trinajstić information content (AvgIpc) is 2.11. The van der Waals surface area contributed by atoms with Gasteiger partial charge >= 0.3 is 0 Å². The van der Waals surface area contributed by atoms with E-state index >= 15 is 0 Å². The van der Waals surface area contributed by atoms with Crippen LogP contribution in [-0.4, -0.2) is 24.1 Å². The van der Waals surface area contributed by atoms with Crippen LogP contribution in [0.3, 0.4) is 0 Å². The van der Waals surface area contributed by atoms with E-state index in [1.54, 1.807) is 0 Å². The molecule has 2 aliphatic rings. The first-order chi connectivity index (χ1) is 6.45. The third kappa shape index (κ3) is 3.17. The number of hydrogen-bond donors (Lipinski definition) is 1. The van der Waals surface area contributed by atoms with Gasteiger partial charge in [-0.15, -0.1) is 0 Å². The van der Waals surface area contributed by atoms with Crippen LogP contribution in [0.1, 0.15) is 38.5 Å². The molecule has 0 spiro atoms. The van der Waals surface area contributed by atoms with Gasteiger partial charge in [-0.25, -0.2) is 0 Å². The highest BCUT2D eigenvalue weighted by atomic mass is 32.2. The number of hydrogen-bond acceptors (Lipinski definition) is 2. The van der Waals surface area contributed by atoms with E-state index < -0.39 is 0 Å². The smallest absolute Gasteiger partial charge is 0.0158 e. The van der Waals surface area contributed by atoms with Crippen molar-refractivity contribution in [1.82, 2.24) is 5.32 Å². The summed E-state index contributed by atoms with van der Waals surface area (Å²) in [4.78, 5) is 0. The molecule has 1 aliphatic heterocycles. The normalized spacial score (nSPS) is 30.0. The Balaban J connectivity index is 1.50. The molecule has 2 heteroatoms. The summed E-state index contributed by atoms with van der Waals surface area (Å²) in [6.07, 6.45) is 8.76. The molecule has 0 aromatic heterocycles. The third-order valence-electron chi connectivity index (χ3n) is 3.37. The van der Waals surface area contributed by atoms with Gasteiger partial charge in [-0.3, -0.25) is 0 Å². The summed E-state index contributed by atoms with van der Waals surface area (Å²) in [5.41, 5.74) is 0. The molecule has 1 heterocycles. The fourth-order valence-electron chi connectivity index (χ4n) is 2.17. The first kappa shape index (κ1) is 9.85. The molecule has 76 valence electrons. The van der Waals surface area contributed by atoms with Gasteiger partial charge in [0.25, 0.3) is 0 Å². The van der Waals surface area contributed by atoms with Crippen LogP contribution in [0.2, 0.25) is 0 Å². The predicted molar refractivity (Wildman–Crippen MR) is 60.3 cm³/mol.